The van der Waals surface area contributed by atoms with Crippen LogP contribution in [0.15, 0.2) is 30.5 Å². The summed E-state index contributed by atoms with van der Waals surface area (Å²) in [5, 5.41) is 8.08. The van der Waals surface area contributed by atoms with Gasteiger partial charge in [0.15, 0.2) is 0 Å². The Morgan fingerprint density at radius 2 is 2.20 bits per heavy atom. The minimum absolute atomic E-state index is 0.167. The van der Waals surface area contributed by atoms with Crippen molar-refractivity contribution in [2.75, 3.05) is 11.4 Å². The molecule has 1 aromatic carbocycles. The number of hydrogen-bond donors (Lipinski definition) is 1. The van der Waals surface area contributed by atoms with Crippen LogP contribution >= 0.6 is 0 Å². The first kappa shape index (κ1) is 16.3. The summed E-state index contributed by atoms with van der Waals surface area (Å²) >= 11 is 0. The highest BCUT2D eigenvalue weighted by atomic mass is 16.2. The second-order valence-electron chi connectivity index (χ2n) is 7.06. The number of rotatable bonds is 4. The molecule has 1 aliphatic heterocycles. The standard InChI is InChI=1S/C20H26N4O/c1-3-24-19-10-6-8-17(16(19)13-21-24)22-14(2)20(25)23-12-11-15-7-4-5-9-18(15)23/h4-5,7,9,13-14,17,22H,3,6,8,10-12H2,1-2H3/t14-,17-/m1/s1. The zero-order chi connectivity index (χ0) is 17.4. The first-order valence-corrected chi connectivity index (χ1v) is 9.39. The number of aryl methyl sites for hydroxylation is 1. The lowest BCUT2D eigenvalue weighted by molar-refractivity contribution is -0.120. The number of carbonyl (C=O) groups excluding carboxylic acids is 1. The normalized spacial score (nSPS) is 20.2. The van der Waals surface area contributed by atoms with Gasteiger partial charge in [0.25, 0.3) is 0 Å². The highest BCUT2D eigenvalue weighted by Gasteiger charge is 2.31. The third-order valence-electron chi connectivity index (χ3n) is 5.54. The molecule has 2 aliphatic rings. The van der Waals surface area contributed by atoms with Crippen molar-refractivity contribution < 1.29 is 4.79 Å². The lowest BCUT2D eigenvalue weighted by Crippen LogP contribution is -2.46. The Morgan fingerprint density at radius 3 is 3.04 bits per heavy atom. The fourth-order valence-electron chi connectivity index (χ4n) is 4.24. The van der Waals surface area contributed by atoms with Crippen molar-refractivity contribution in [1.82, 2.24) is 15.1 Å². The molecule has 5 heteroatoms. The van der Waals surface area contributed by atoms with Crippen molar-refractivity contribution in [3.63, 3.8) is 0 Å². The molecular formula is C20H26N4O. The molecule has 1 aliphatic carbocycles. The van der Waals surface area contributed by atoms with E-state index in [0.29, 0.717) is 0 Å². The molecule has 0 radical (unpaired) electrons. The molecule has 2 heterocycles. The number of nitrogens with zero attached hydrogens (tertiary/aromatic N) is 3. The summed E-state index contributed by atoms with van der Waals surface area (Å²) in [6.07, 6.45) is 6.23. The van der Waals surface area contributed by atoms with Crippen LogP contribution in [0.4, 0.5) is 5.69 Å². The molecule has 5 nitrogen and oxygen atoms in total. The van der Waals surface area contributed by atoms with Gasteiger partial charge in [-0.05, 0) is 51.2 Å². The summed E-state index contributed by atoms with van der Waals surface area (Å²) in [6, 6.07) is 8.25. The van der Waals surface area contributed by atoms with E-state index in [0.717, 1.165) is 44.5 Å². The monoisotopic (exact) mass is 338 g/mol. The zero-order valence-electron chi connectivity index (χ0n) is 15.0. The van der Waals surface area contributed by atoms with Crippen molar-refractivity contribution in [2.24, 2.45) is 0 Å². The predicted molar refractivity (Wildman–Crippen MR) is 98.7 cm³/mol. The highest BCUT2D eigenvalue weighted by Crippen LogP contribution is 2.31. The Labute approximate surface area is 149 Å². The molecule has 4 rings (SSSR count). The number of benzene rings is 1. The van der Waals surface area contributed by atoms with Crippen LogP contribution in [-0.2, 0) is 24.2 Å². The number of para-hydroxylation sites is 1. The van der Waals surface area contributed by atoms with E-state index in [-0.39, 0.29) is 18.0 Å². The maximum Gasteiger partial charge on any atom is 0.243 e. The molecule has 0 unspecified atom stereocenters. The van der Waals surface area contributed by atoms with E-state index >= 15 is 0 Å². The molecule has 25 heavy (non-hydrogen) atoms. The third-order valence-corrected chi connectivity index (χ3v) is 5.54. The van der Waals surface area contributed by atoms with E-state index in [2.05, 4.69) is 34.2 Å². The molecule has 1 N–H and O–H groups in total. The van der Waals surface area contributed by atoms with Gasteiger partial charge >= 0.3 is 0 Å². The van der Waals surface area contributed by atoms with Gasteiger partial charge in [-0.2, -0.15) is 5.10 Å². The van der Waals surface area contributed by atoms with Crippen LogP contribution in [0.25, 0.3) is 0 Å². The van der Waals surface area contributed by atoms with E-state index in [4.69, 9.17) is 0 Å². The first-order valence-electron chi connectivity index (χ1n) is 9.39. The van der Waals surface area contributed by atoms with Crippen molar-refractivity contribution in [1.29, 1.82) is 0 Å². The van der Waals surface area contributed by atoms with E-state index in [9.17, 15) is 4.79 Å². The van der Waals surface area contributed by atoms with Gasteiger partial charge in [-0.3, -0.25) is 14.8 Å². The van der Waals surface area contributed by atoms with Gasteiger partial charge in [0.05, 0.1) is 12.2 Å². The van der Waals surface area contributed by atoms with Crippen LogP contribution in [0.1, 0.15) is 49.6 Å². The van der Waals surface area contributed by atoms with Gasteiger partial charge in [0.2, 0.25) is 5.91 Å². The van der Waals surface area contributed by atoms with Gasteiger partial charge in [0.1, 0.15) is 0 Å². The zero-order valence-corrected chi connectivity index (χ0v) is 15.0. The molecule has 0 saturated heterocycles. The minimum Gasteiger partial charge on any atom is -0.310 e. The minimum atomic E-state index is -0.202. The molecular weight excluding hydrogens is 312 g/mol. The van der Waals surface area contributed by atoms with Crippen molar-refractivity contribution >= 4 is 11.6 Å². The van der Waals surface area contributed by atoms with Crippen LogP contribution < -0.4 is 10.2 Å². The van der Waals surface area contributed by atoms with Gasteiger partial charge in [0, 0.05) is 36.1 Å². The van der Waals surface area contributed by atoms with Crippen LogP contribution in [-0.4, -0.2) is 28.3 Å². The number of aromatic nitrogens is 2. The Balaban J connectivity index is 1.49. The highest BCUT2D eigenvalue weighted by molar-refractivity contribution is 5.98. The van der Waals surface area contributed by atoms with E-state index < -0.39 is 0 Å². The second-order valence-corrected chi connectivity index (χ2v) is 7.06. The summed E-state index contributed by atoms with van der Waals surface area (Å²) in [7, 11) is 0. The summed E-state index contributed by atoms with van der Waals surface area (Å²) in [5.74, 6) is 0.167. The molecule has 0 spiro atoms. The predicted octanol–water partition coefficient (Wildman–Crippen LogP) is 2.85. The van der Waals surface area contributed by atoms with Crippen LogP contribution in [0.3, 0.4) is 0 Å². The Morgan fingerprint density at radius 1 is 1.36 bits per heavy atom. The summed E-state index contributed by atoms with van der Waals surface area (Å²) in [5.41, 5.74) is 4.95. The topological polar surface area (TPSA) is 50.2 Å². The number of carbonyl (C=O) groups is 1. The number of hydrogen-bond acceptors (Lipinski definition) is 3. The third kappa shape index (κ3) is 2.86. The molecule has 0 bridgehead atoms. The smallest absolute Gasteiger partial charge is 0.243 e. The summed E-state index contributed by atoms with van der Waals surface area (Å²) in [4.78, 5) is 14.9. The number of amides is 1. The average molecular weight is 338 g/mol. The van der Waals surface area contributed by atoms with Crippen LogP contribution in [0, 0.1) is 0 Å². The lowest BCUT2D eigenvalue weighted by atomic mass is 9.92. The van der Waals surface area contributed by atoms with E-state index in [1.807, 2.05) is 30.2 Å². The maximum absolute atomic E-state index is 13.0. The second kappa shape index (κ2) is 6.64. The molecule has 0 saturated carbocycles. The average Bonchev–Trinajstić information content (AvgIpc) is 3.25. The number of nitrogens with one attached hydrogen (secondary N) is 1. The number of fused-ring (bicyclic) bond motifs is 2. The fourth-order valence-corrected chi connectivity index (χ4v) is 4.24. The molecule has 1 aromatic heterocycles. The molecule has 0 fully saturated rings. The van der Waals surface area contributed by atoms with Gasteiger partial charge in [-0.25, -0.2) is 0 Å². The van der Waals surface area contributed by atoms with E-state index in [1.54, 1.807) is 0 Å². The maximum atomic E-state index is 13.0. The summed E-state index contributed by atoms with van der Waals surface area (Å²) < 4.78 is 2.09. The fraction of sp³-hybridized carbons (Fsp3) is 0.500. The largest absolute Gasteiger partial charge is 0.310 e. The molecule has 1 amide bonds. The van der Waals surface area contributed by atoms with Crippen molar-refractivity contribution in [3.05, 3.63) is 47.3 Å². The van der Waals surface area contributed by atoms with Crippen molar-refractivity contribution in [2.45, 2.75) is 58.2 Å². The van der Waals surface area contributed by atoms with Crippen LogP contribution in [0.2, 0.25) is 0 Å². The number of anilines is 1. The molecule has 2 aromatic rings. The summed E-state index contributed by atoms with van der Waals surface area (Å²) in [6.45, 7) is 5.80. The Kier molecular flexibility index (Phi) is 4.34. The first-order chi connectivity index (χ1) is 12.2. The van der Waals surface area contributed by atoms with Crippen LogP contribution in [0.5, 0.6) is 0 Å². The quantitative estimate of drug-likeness (QED) is 0.933. The van der Waals surface area contributed by atoms with Gasteiger partial charge in [-0.15, -0.1) is 0 Å². The van der Waals surface area contributed by atoms with Gasteiger partial charge < -0.3 is 4.90 Å². The Hall–Kier alpha value is -2.14. The molecule has 2 atom stereocenters. The lowest BCUT2D eigenvalue weighted by Gasteiger charge is -2.29. The molecule has 132 valence electrons. The van der Waals surface area contributed by atoms with Crippen molar-refractivity contribution in [3.8, 4) is 0 Å². The SMILES string of the molecule is CCn1ncc2c1CCC[C@H]2N[C@H](C)C(=O)N1CCc2ccccc21. The van der Waals surface area contributed by atoms with Gasteiger partial charge in [-0.1, -0.05) is 18.2 Å². The van der Waals surface area contributed by atoms with E-state index in [1.165, 1.54) is 16.8 Å². The Bertz CT molecular complexity index is 782.